The van der Waals surface area contributed by atoms with Crippen molar-refractivity contribution in [3.05, 3.63) is 11.1 Å². The van der Waals surface area contributed by atoms with Gasteiger partial charge in [0.1, 0.15) is 0 Å². The summed E-state index contributed by atoms with van der Waals surface area (Å²) in [4.78, 5) is 16.4. The zero-order valence-electron chi connectivity index (χ0n) is 10.6. The number of halogens is 1. The molecule has 0 atom stereocenters. The van der Waals surface area contributed by atoms with E-state index < -0.39 is 0 Å². The van der Waals surface area contributed by atoms with Crippen molar-refractivity contribution in [1.29, 1.82) is 0 Å². The van der Waals surface area contributed by atoms with Crippen LogP contribution in [0.5, 0.6) is 0 Å². The number of nitrogens with zero attached hydrogens (tertiary/aromatic N) is 1. The highest BCUT2D eigenvalue weighted by molar-refractivity contribution is 7.13. The quantitative estimate of drug-likeness (QED) is 0.895. The molecule has 2 N–H and O–H groups in total. The van der Waals surface area contributed by atoms with Crippen molar-refractivity contribution in [2.24, 2.45) is 5.92 Å². The molecule has 0 aliphatic carbocycles. The van der Waals surface area contributed by atoms with Crippen molar-refractivity contribution in [1.82, 2.24) is 10.3 Å². The molecule has 0 radical (unpaired) electrons. The third-order valence-corrected chi connectivity index (χ3v) is 3.80. The number of carbonyl (C=O) groups is 1. The first-order chi connectivity index (χ1) is 8.29. The van der Waals surface area contributed by atoms with Crippen LogP contribution >= 0.6 is 23.7 Å². The molecule has 1 aliphatic heterocycles. The number of aromatic nitrogens is 1. The van der Waals surface area contributed by atoms with Crippen LogP contribution in [0.4, 0.5) is 5.13 Å². The maximum atomic E-state index is 12.0. The highest BCUT2D eigenvalue weighted by Crippen LogP contribution is 2.19. The molecule has 0 aromatic carbocycles. The van der Waals surface area contributed by atoms with Gasteiger partial charge in [0, 0.05) is 11.3 Å². The van der Waals surface area contributed by atoms with E-state index >= 15 is 0 Å². The number of nitrogens with one attached hydrogen (secondary N) is 2. The third kappa shape index (κ3) is 4.23. The van der Waals surface area contributed by atoms with Gasteiger partial charge in [0.2, 0.25) is 5.91 Å². The van der Waals surface area contributed by atoms with Gasteiger partial charge in [-0.1, -0.05) is 13.3 Å². The van der Waals surface area contributed by atoms with Gasteiger partial charge in [-0.25, -0.2) is 4.98 Å². The predicted molar refractivity (Wildman–Crippen MR) is 77.6 cm³/mol. The first-order valence-electron chi connectivity index (χ1n) is 6.25. The molecule has 1 saturated heterocycles. The Bertz CT molecular complexity index is 377. The van der Waals surface area contributed by atoms with Crippen molar-refractivity contribution in [2.45, 2.75) is 32.6 Å². The van der Waals surface area contributed by atoms with Crippen molar-refractivity contribution in [2.75, 3.05) is 18.4 Å². The molecule has 1 aromatic heterocycles. The molecule has 2 rings (SSSR count). The van der Waals surface area contributed by atoms with Gasteiger partial charge < -0.3 is 10.6 Å². The molecule has 1 fully saturated rings. The zero-order valence-corrected chi connectivity index (χ0v) is 12.2. The van der Waals surface area contributed by atoms with Crippen molar-refractivity contribution in [3.63, 3.8) is 0 Å². The Morgan fingerprint density at radius 3 is 2.94 bits per heavy atom. The van der Waals surface area contributed by atoms with Crippen LogP contribution in [0.3, 0.4) is 0 Å². The van der Waals surface area contributed by atoms with E-state index in [4.69, 9.17) is 0 Å². The molecule has 18 heavy (non-hydrogen) atoms. The van der Waals surface area contributed by atoms with Gasteiger partial charge in [0.25, 0.3) is 0 Å². The van der Waals surface area contributed by atoms with Crippen LogP contribution in [-0.4, -0.2) is 24.0 Å². The minimum absolute atomic E-state index is 0. The van der Waals surface area contributed by atoms with Crippen molar-refractivity contribution < 1.29 is 4.79 Å². The standard InChI is InChI=1S/C12H19N3OS.ClH/c1-2-3-10-8-17-12(14-10)15-11(16)9-4-6-13-7-5-9;/h8-9,13H,2-7H2,1H3,(H,14,15,16);1H. The van der Waals surface area contributed by atoms with Crippen LogP contribution in [0, 0.1) is 5.92 Å². The lowest BCUT2D eigenvalue weighted by atomic mass is 9.97. The summed E-state index contributed by atoms with van der Waals surface area (Å²) in [5.41, 5.74) is 1.08. The van der Waals surface area contributed by atoms with Gasteiger partial charge in [-0.2, -0.15) is 0 Å². The van der Waals surface area contributed by atoms with Gasteiger partial charge in [0.15, 0.2) is 5.13 Å². The Hall–Kier alpha value is -0.650. The fourth-order valence-corrected chi connectivity index (χ4v) is 2.77. The summed E-state index contributed by atoms with van der Waals surface area (Å²) < 4.78 is 0. The molecule has 1 aromatic rings. The van der Waals surface area contributed by atoms with Gasteiger partial charge >= 0.3 is 0 Å². The van der Waals surface area contributed by atoms with Gasteiger partial charge in [-0.05, 0) is 32.4 Å². The fraction of sp³-hybridized carbons (Fsp3) is 0.667. The number of thiazole rings is 1. The average molecular weight is 290 g/mol. The lowest BCUT2D eigenvalue weighted by molar-refractivity contribution is -0.120. The second-order valence-corrected chi connectivity index (χ2v) is 5.27. The summed E-state index contributed by atoms with van der Waals surface area (Å²) in [7, 11) is 0. The van der Waals surface area contributed by atoms with E-state index in [1.165, 1.54) is 11.3 Å². The Morgan fingerprint density at radius 2 is 2.28 bits per heavy atom. The minimum Gasteiger partial charge on any atom is -0.317 e. The number of hydrogen-bond acceptors (Lipinski definition) is 4. The number of hydrogen-bond donors (Lipinski definition) is 2. The second-order valence-electron chi connectivity index (χ2n) is 4.41. The summed E-state index contributed by atoms with van der Waals surface area (Å²) in [6, 6.07) is 0. The molecule has 0 spiro atoms. The Labute approximate surface area is 118 Å². The monoisotopic (exact) mass is 289 g/mol. The number of carbonyl (C=O) groups excluding carboxylic acids is 1. The Balaban J connectivity index is 0.00000162. The fourth-order valence-electron chi connectivity index (χ4n) is 2.03. The smallest absolute Gasteiger partial charge is 0.229 e. The molecular formula is C12H20ClN3OS. The molecule has 102 valence electrons. The summed E-state index contributed by atoms with van der Waals surface area (Å²) in [6.07, 6.45) is 3.93. The first-order valence-corrected chi connectivity index (χ1v) is 7.13. The van der Waals surface area contributed by atoms with E-state index in [-0.39, 0.29) is 24.2 Å². The number of anilines is 1. The van der Waals surface area contributed by atoms with E-state index in [2.05, 4.69) is 22.5 Å². The molecular weight excluding hydrogens is 270 g/mol. The highest BCUT2D eigenvalue weighted by atomic mass is 35.5. The summed E-state index contributed by atoms with van der Waals surface area (Å²) in [5, 5.41) is 8.97. The van der Waals surface area contributed by atoms with E-state index in [1.807, 2.05) is 5.38 Å². The minimum atomic E-state index is 0. The lowest BCUT2D eigenvalue weighted by Crippen LogP contribution is -2.34. The molecule has 1 aliphatic rings. The van der Waals surface area contributed by atoms with Gasteiger partial charge in [-0.3, -0.25) is 4.79 Å². The molecule has 1 amide bonds. The molecule has 6 heteroatoms. The first kappa shape index (κ1) is 15.4. The van der Waals surface area contributed by atoms with E-state index in [9.17, 15) is 4.79 Å². The van der Waals surface area contributed by atoms with Crippen LogP contribution in [0.1, 0.15) is 31.9 Å². The molecule has 0 saturated carbocycles. The molecule has 2 heterocycles. The maximum Gasteiger partial charge on any atom is 0.229 e. The average Bonchev–Trinajstić information content (AvgIpc) is 2.78. The second kappa shape index (κ2) is 7.71. The maximum absolute atomic E-state index is 12.0. The van der Waals surface area contributed by atoms with E-state index in [1.54, 1.807) is 0 Å². The zero-order chi connectivity index (χ0) is 12.1. The SMILES string of the molecule is CCCc1csc(NC(=O)C2CCNCC2)n1.Cl. The third-order valence-electron chi connectivity index (χ3n) is 3.00. The van der Waals surface area contributed by atoms with Crippen LogP contribution in [0.25, 0.3) is 0 Å². The Morgan fingerprint density at radius 1 is 1.56 bits per heavy atom. The molecule has 0 bridgehead atoms. The number of aryl methyl sites for hydroxylation is 1. The van der Waals surface area contributed by atoms with E-state index in [0.29, 0.717) is 0 Å². The summed E-state index contributed by atoms with van der Waals surface area (Å²) in [5.74, 6) is 0.277. The topological polar surface area (TPSA) is 54.0 Å². The predicted octanol–water partition coefficient (Wildman–Crippen LogP) is 2.46. The summed E-state index contributed by atoms with van der Waals surface area (Å²) in [6.45, 7) is 4.01. The molecule has 4 nitrogen and oxygen atoms in total. The van der Waals surface area contributed by atoms with Crippen LogP contribution in [0.15, 0.2) is 5.38 Å². The number of rotatable bonds is 4. The summed E-state index contributed by atoms with van der Waals surface area (Å²) >= 11 is 1.52. The van der Waals surface area contributed by atoms with E-state index in [0.717, 1.165) is 49.6 Å². The van der Waals surface area contributed by atoms with Crippen molar-refractivity contribution >= 4 is 34.8 Å². The molecule has 0 unspecified atom stereocenters. The van der Waals surface area contributed by atoms with Gasteiger partial charge in [0.05, 0.1) is 5.69 Å². The number of piperidine rings is 1. The lowest BCUT2D eigenvalue weighted by Gasteiger charge is -2.20. The van der Waals surface area contributed by atoms with Crippen LogP contribution in [0.2, 0.25) is 0 Å². The number of amides is 1. The highest BCUT2D eigenvalue weighted by Gasteiger charge is 2.21. The van der Waals surface area contributed by atoms with Crippen LogP contribution < -0.4 is 10.6 Å². The normalized spacial score (nSPS) is 16.1. The van der Waals surface area contributed by atoms with Crippen molar-refractivity contribution in [3.8, 4) is 0 Å². The Kier molecular flexibility index (Phi) is 6.60. The van der Waals surface area contributed by atoms with Gasteiger partial charge in [-0.15, -0.1) is 23.7 Å². The largest absolute Gasteiger partial charge is 0.317 e. The van der Waals surface area contributed by atoms with Crippen LogP contribution in [-0.2, 0) is 11.2 Å².